The van der Waals surface area contributed by atoms with Crippen LogP contribution in [0.2, 0.25) is 0 Å². The van der Waals surface area contributed by atoms with E-state index in [0.29, 0.717) is 6.04 Å². The van der Waals surface area contributed by atoms with Crippen molar-refractivity contribution in [2.75, 3.05) is 12.3 Å². The fraction of sp³-hybridized carbons (Fsp3) is 0.462. The molecule has 0 fully saturated rings. The van der Waals surface area contributed by atoms with Crippen LogP contribution in [-0.4, -0.2) is 24.3 Å². The summed E-state index contributed by atoms with van der Waals surface area (Å²) in [5, 5.41) is 6.62. The fourth-order valence-electron chi connectivity index (χ4n) is 1.76. The van der Waals surface area contributed by atoms with Crippen LogP contribution in [0, 0.1) is 0 Å². The average Bonchev–Trinajstić information content (AvgIpc) is 2.74. The van der Waals surface area contributed by atoms with Crippen LogP contribution in [0.5, 0.6) is 0 Å². The van der Waals surface area contributed by atoms with E-state index in [4.69, 9.17) is 0 Å². The van der Waals surface area contributed by atoms with Crippen molar-refractivity contribution in [2.45, 2.75) is 31.3 Å². The highest BCUT2D eigenvalue weighted by atomic mass is 32.2. The summed E-state index contributed by atoms with van der Waals surface area (Å²) in [4.78, 5) is 5.71. The third-order valence-electron chi connectivity index (χ3n) is 2.58. The first-order chi connectivity index (χ1) is 8.28. The minimum atomic E-state index is 0.458. The third-order valence-corrected chi connectivity index (χ3v) is 3.45. The SMILES string of the molecule is CCSc1cccc(CNC2=NCC(C)N2)c1. The van der Waals surface area contributed by atoms with Crippen LogP contribution in [0.25, 0.3) is 0 Å². The molecule has 1 atom stereocenters. The quantitative estimate of drug-likeness (QED) is 0.804. The number of hydrogen-bond donors (Lipinski definition) is 2. The van der Waals surface area contributed by atoms with Gasteiger partial charge in [-0.25, -0.2) is 0 Å². The van der Waals surface area contributed by atoms with E-state index in [1.807, 2.05) is 11.8 Å². The van der Waals surface area contributed by atoms with Crippen molar-refractivity contribution < 1.29 is 0 Å². The maximum absolute atomic E-state index is 4.38. The van der Waals surface area contributed by atoms with E-state index in [9.17, 15) is 0 Å². The second-order valence-corrected chi connectivity index (χ2v) is 5.51. The van der Waals surface area contributed by atoms with E-state index in [-0.39, 0.29) is 0 Å². The van der Waals surface area contributed by atoms with Crippen LogP contribution in [0.3, 0.4) is 0 Å². The molecular weight excluding hydrogens is 230 g/mol. The molecule has 0 amide bonds. The number of guanidine groups is 1. The van der Waals surface area contributed by atoms with Crippen molar-refractivity contribution in [1.82, 2.24) is 10.6 Å². The Bertz CT molecular complexity index is 403. The Hall–Kier alpha value is -1.16. The summed E-state index contributed by atoms with van der Waals surface area (Å²) in [6.07, 6.45) is 0. The predicted molar refractivity (Wildman–Crippen MR) is 74.6 cm³/mol. The summed E-state index contributed by atoms with van der Waals surface area (Å²) in [6.45, 7) is 6.01. The first-order valence-corrected chi connectivity index (χ1v) is 7.03. The second kappa shape index (κ2) is 5.96. The standard InChI is InChI=1S/C13H19N3S/c1-3-17-12-6-4-5-11(7-12)9-15-13-14-8-10(2)16-13/h4-7,10H,3,8-9H2,1-2H3,(H2,14,15,16). The molecule has 3 nitrogen and oxygen atoms in total. The van der Waals surface area contributed by atoms with Gasteiger partial charge in [0, 0.05) is 17.5 Å². The molecule has 2 rings (SSSR count). The molecule has 1 unspecified atom stereocenters. The summed E-state index contributed by atoms with van der Waals surface area (Å²) < 4.78 is 0. The lowest BCUT2D eigenvalue weighted by Gasteiger charge is -2.09. The van der Waals surface area contributed by atoms with Gasteiger partial charge in [-0.15, -0.1) is 11.8 Å². The Morgan fingerprint density at radius 3 is 3.12 bits per heavy atom. The summed E-state index contributed by atoms with van der Waals surface area (Å²) in [5.74, 6) is 2.04. The van der Waals surface area contributed by atoms with Gasteiger partial charge in [-0.3, -0.25) is 4.99 Å². The molecule has 0 saturated heterocycles. The summed E-state index contributed by atoms with van der Waals surface area (Å²) >= 11 is 1.87. The molecule has 0 radical (unpaired) electrons. The molecule has 2 N–H and O–H groups in total. The molecule has 0 aliphatic carbocycles. The van der Waals surface area contributed by atoms with E-state index in [1.54, 1.807) is 0 Å². The molecule has 1 aliphatic heterocycles. The Kier molecular flexibility index (Phi) is 4.31. The van der Waals surface area contributed by atoms with E-state index >= 15 is 0 Å². The lowest BCUT2D eigenvalue weighted by atomic mass is 10.2. The maximum atomic E-state index is 4.38. The molecule has 0 aromatic heterocycles. The van der Waals surface area contributed by atoms with E-state index in [1.165, 1.54) is 10.5 Å². The number of rotatable bonds is 4. The number of nitrogens with one attached hydrogen (secondary N) is 2. The Morgan fingerprint density at radius 2 is 2.41 bits per heavy atom. The molecule has 17 heavy (non-hydrogen) atoms. The molecular formula is C13H19N3S. The maximum Gasteiger partial charge on any atom is 0.191 e. The molecule has 92 valence electrons. The summed E-state index contributed by atoms with van der Waals surface area (Å²) in [7, 11) is 0. The second-order valence-electron chi connectivity index (χ2n) is 4.17. The van der Waals surface area contributed by atoms with Gasteiger partial charge < -0.3 is 10.6 Å². The Morgan fingerprint density at radius 1 is 1.53 bits per heavy atom. The lowest BCUT2D eigenvalue weighted by molar-refractivity contribution is 0.713. The van der Waals surface area contributed by atoms with Crippen molar-refractivity contribution in [2.24, 2.45) is 4.99 Å². The minimum absolute atomic E-state index is 0.458. The van der Waals surface area contributed by atoms with Gasteiger partial charge in [0.05, 0.1) is 6.54 Å². The van der Waals surface area contributed by atoms with Gasteiger partial charge in [0.15, 0.2) is 5.96 Å². The topological polar surface area (TPSA) is 36.4 Å². The average molecular weight is 249 g/mol. The zero-order valence-electron chi connectivity index (χ0n) is 10.4. The fourth-order valence-corrected chi connectivity index (χ4v) is 2.50. The molecule has 1 heterocycles. The summed E-state index contributed by atoms with van der Waals surface area (Å²) in [6, 6.07) is 9.11. The Balaban J connectivity index is 1.88. The smallest absolute Gasteiger partial charge is 0.191 e. The van der Waals surface area contributed by atoms with Crippen LogP contribution in [0.1, 0.15) is 19.4 Å². The molecule has 1 aliphatic rings. The van der Waals surface area contributed by atoms with Crippen molar-refractivity contribution in [3.8, 4) is 0 Å². The van der Waals surface area contributed by atoms with Crippen LogP contribution in [0.15, 0.2) is 34.2 Å². The largest absolute Gasteiger partial charge is 0.352 e. The predicted octanol–water partition coefficient (Wildman–Crippen LogP) is 2.24. The third kappa shape index (κ3) is 3.66. The first-order valence-electron chi connectivity index (χ1n) is 6.04. The normalized spacial score (nSPS) is 18.7. The monoisotopic (exact) mass is 249 g/mol. The highest BCUT2D eigenvalue weighted by molar-refractivity contribution is 7.99. The van der Waals surface area contributed by atoms with E-state index < -0.39 is 0 Å². The van der Waals surface area contributed by atoms with Gasteiger partial charge in [-0.2, -0.15) is 0 Å². The highest BCUT2D eigenvalue weighted by Gasteiger charge is 2.11. The summed E-state index contributed by atoms with van der Waals surface area (Å²) in [5.41, 5.74) is 1.30. The minimum Gasteiger partial charge on any atom is -0.352 e. The van der Waals surface area contributed by atoms with Crippen molar-refractivity contribution in [1.29, 1.82) is 0 Å². The molecule has 0 bridgehead atoms. The van der Waals surface area contributed by atoms with Crippen molar-refractivity contribution >= 4 is 17.7 Å². The molecule has 0 saturated carbocycles. The molecule has 4 heteroatoms. The van der Waals surface area contributed by atoms with Gasteiger partial charge in [0.1, 0.15) is 0 Å². The van der Waals surface area contributed by atoms with Crippen LogP contribution >= 0.6 is 11.8 Å². The van der Waals surface area contributed by atoms with Crippen LogP contribution in [0.4, 0.5) is 0 Å². The van der Waals surface area contributed by atoms with Gasteiger partial charge >= 0.3 is 0 Å². The van der Waals surface area contributed by atoms with Crippen molar-refractivity contribution in [3.63, 3.8) is 0 Å². The van der Waals surface area contributed by atoms with Crippen LogP contribution < -0.4 is 10.6 Å². The van der Waals surface area contributed by atoms with Crippen LogP contribution in [-0.2, 0) is 6.54 Å². The van der Waals surface area contributed by atoms with E-state index in [0.717, 1.165) is 24.8 Å². The molecule has 1 aromatic rings. The molecule has 0 spiro atoms. The Labute approximate surface area is 107 Å². The van der Waals surface area contributed by atoms with Crippen molar-refractivity contribution in [3.05, 3.63) is 29.8 Å². The van der Waals surface area contributed by atoms with Gasteiger partial charge in [-0.1, -0.05) is 19.1 Å². The first kappa shape index (κ1) is 12.3. The number of benzene rings is 1. The van der Waals surface area contributed by atoms with Gasteiger partial charge in [0.2, 0.25) is 0 Å². The van der Waals surface area contributed by atoms with Gasteiger partial charge in [0.25, 0.3) is 0 Å². The highest BCUT2D eigenvalue weighted by Crippen LogP contribution is 2.18. The lowest BCUT2D eigenvalue weighted by Crippen LogP contribution is -2.37. The number of aliphatic imine (C=N–C) groups is 1. The van der Waals surface area contributed by atoms with Gasteiger partial charge in [-0.05, 0) is 30.4 Å². The number of nitrogens with zero attached hydrogens (tertiary/aromatic N) is 1. The number of hydrogen-bond acceptors (Lipinski definition) is 4. The zero-order chi connectivity index (χ0) is 12.1. The van der Waals surface area contributed by atoms with E-state index in [2.05, 4.69) is 53.7 Å². The zero-order valence-corrected chi connectivity index (χ0v) is 11.2. The number of thioether (sulfide) groups is 1. The molecule has 1 aromatic carbocycles.